The molecular formula is C27H31F3N6. The van der Waals surface area contributed by atoms with Gasteiger partial charge in [-0.3, -0.25) is 0 Å². The predicted octanol–water partition coefficient (Wildman–Crippen LogP) is 6.06. The molecule has 190 valence electrons. The van der Waals surface area contributed by atoms with E-state index in [4.69, 9.17) is 4.98 Å². The molecule has 1 saturated heterocycles. The van der Waals surface area contributed by atoms with E-state index in [1.807, 2.05) is 24.3 Å². The Hall–Kier alpha value is -3.33. The normalized spacial score (nSPS) is 17.1. The highest BCUT2D eigenvalue weighted by molar-refractivity contribution is 5.73. The molecule has 1 aliphatic heterocycles. The smallest absolute Gasteiger partial charge is 0.367 e. The molecule has 3 heterocycles. The Bertz CT molecular complexity index is 1170. The Morgan fingerprint density at radius 2 is 1.72 bits per heavy atom. The number of nitrogens with one attached hydrogen (secondary N) is 3. The standard InChI is InChI=1S/C27H31F3N6/c28-27(29,30)20-5-4-8-22(16-20)33-23-17-24(35-26(18-23)36-13-11-31-12-14-36)19-9-10-32-25(15-19)34-21-6-2-1-3-7-21/h4-5,8-10,15-18,21,31H,1-3,6-7,11-14H2,(H,32,34)(H,33,35). The minimum Gasteiger partial charge on any atom is -0.367 e. The van der Waals surface area contributed by atoms with E-state index in [0.29, 0.717) is 17.4 Å². The first-order valence-electron chi connectivity index (χ1n) is 12.6. The van der Waals surface area contributed by atoms with Crippen LogP contribution in [-0.2, 0) is 6.18 Å². The summed E-state index contributed by atoms with van der Waals surface area (Å²) in [5.74, 6) is 1.61. The topological polar surface area (TPSA) is 65.1 Å². The van der Waals surface area contributed by atoms with Crippen molar-refractivity contribution in [1.82, 2.24) is 15.3 Å². The van der Waals surface area contributed by atoms with Gasteiger partial charge in [-0.05, 0) is 49.2 Å². The lowest BCUT2D eigenvalue weighted by Crippen LogP contribution is -2.43. The van der Waals surface area contributed by atoms with Gasteiger partial charge in [-0.15, -0.1) is 0 Å². The first-order chi connectivity index (χ1) is 17.4. The highest BCUT2D eigenvalue weighted by Gasteiger charge is 2.30. The molecule has 0 radical (unpaired) electrons. The number of pyridine rings is 2. The zero-order valence-electron chi connectivity index (χ0n) is 20.1. The van der Waals surface area contributed by atoms with E-state index < -0.39 is 11.7 Å². The van der Waals surface area contributed by atoms with Crippen LogP contribution in [0.5, 0.6) is 0 Å². The van der Waals surface area contributed by atoms with Crippen LogP contribution in [0.25, 0.3) is 11.3 Å². The number of halogens is 3. The maximum atomic E-state index is 13.2. The number of anilines is 4. The molecule has 2 aliphatic rings. The minimum atomic E-state index is -4.40. The Balaban J connectivity index is 1.46. The summed E-state index contributed by atoms with van der Waals surface area (Å²) in [4.78, 5) is 11.6. The summed E-state index contributed by atoms with van der Waals surface area (Å²) in [6.07, 6.45) is 3.43. The zero-order chi connectivity index (χ0) is 25.0. The van der Waals surface area contributed by atoms with Crippen molar-refractivity contribution < 1.29 is 13.2 Å². The van der Waals surface area contributed by atoms with Crippen molar-refractivity contribution in [2.24, 2.45) is 0 Å². The lowest BCUT2D eigenvalue weighted by molar-refractivity contribution is -0.137. The van der Waals surface area contributed by atoms with Crippen molar-refractivity contribution in [3.05, 3.63) is 60.3 Å². The first-order valence-corrected chi connectivity index (χ1v) is 12.6. The van der Waals surface area contributed by atoms with Crippen LogP contribution in [0.1, 0.15) is 37.7 Å². The molecule has 1 saturated carbocycles. The Morgan fingerprint density at radius 1 is 0.917 bits per heavy atom. The summed E-state index contributed by atoms with van der Waals surface area (Å²) >= 11 is 0. The van der Waals surface area contributed by atoms with Crippen molar-refractivity contribution in [3.63, 3.8) is 0 Å². The molecule has 36 heavy (non-hydrogen) atoms. The molecule has 9 heteroatoms. The SMILES string of the molecule is FC(F)(F)c1cccc(Nc2cc(-c3ccnc(NC4CCCCC4)c3)nc(N3CCNCC3)c2)c1. The molecule has 5 rings (SSSR count). The summed E-state index contributed by atoms with van der Waals surface area (Å²) in [7, 11) is 0. The second kappa shape index (κ2) is 10.7. The monoisotopic (exact) mass is 496 g/mol. The summed E-state index contributed by atoms with van der Waals surface area (Å²) in [5.41, 5.74) is 2.03. The molecule has 6 nitrogen and oxygen atoms in total. The van der Waals surface area contributed by atoms with Gasteiger partial charge in [0.25, 0.3) is 0 Å². The number of alkyl halides is 3. The maximum Gasteiger partial charge on any atom is 0.416 e. The van der Waals surface area contributed by atoms with Gasteiger partial charge < -0.3 is 20.9 Å². The Labute approximate surface area is 209 Å². The van der Waals surface area contributed by atoms with E-state index in [-0.39, 0.29) is 0 Å². The summed E-state index contributed by atoms with van der Waals surface area (Å²) in [6, 6.07) is 13.4. The molecular weight excluding hydrogens is 465 g/mol. The maximum absolute atomic E-state index is 13.2. The lowest BCUT2D eigenvalue weighted by Gasteiger charge is -2.29. The van der Waals surface area contributed by atoms with Crippen LogP contribution in [0.2, 0.25) is 0 Å². The molecule has 0 amide bonds. The zero-order valence-corrected chi connectivity index (χ0v) is 20.1. The van der Waals surface area contributed by atoms with Crippen LogP contribution in [0.4, 0.5) is 36.2 Å². The van der Waals surface area contributed by atoms with E-state index in [1.54, 1.807) is 12.3 Å². The number of rotatable bonds is 6. The molecule has 2 fully saturated rings. The third-order valence-corrected chi connectivity index (χ3v) is 6.74. The van der Waals surface area contributed by atoms with Gasteiger partial charge in [0.15, 0.2) is 0 Å². The second-order valence-electron chi connectivity index (χ2n) is 9.45. The largest absolute Gasteiger partial charge is 0.416 e. The lowest BCUT2D eigenvalue weighted by atomic mass is 9.95. The summed E-state index contributed by atoms with van der Waals surface area (Å²) in [5, 5.41) is 10.1. The molecule has 0 bridgehead atoms. The Kier molecular flexibility index (Phi) is 7.27. The Morgan fingerprint density at radius 3 is 2.50 bits per heavy atom. The summed E-state index contributed by atoms with van der Waals surface area (Å²) in [6.45, 7) is 3.33. The third-order valence-electron chi connectivity index (χ3n) is 6.74. The van der Waals surface area contributed by atoms with Gasteiger partial charge in [-0.1, -0.05) is 25.3 Å². The number of aromatic nitrogens is 2. The molecule has 1 aromatic carbocycles. The molecule has 0 spiro atoms. The fourth-order valence-electron chi connectivity index (χ4n) is 4.86. The van der Waals surface area contributed by atoms with E-state index in [1.165, 1.54) is 25.3 Å². The van der Waals surface area contributed by atoms with Gasteiger partial charge in [0.1, 0.15) is 11.6 Å². The van der Waals surface area contributed by atoms with Crippen LogP contribution in [-0.4, -0.2) is 42.2 Å². The third kappa shape index (κ3) is 6.07. The van der Waals surface area contributed by atoms with E-state index in [0.717, 1.165) is 74.0 Å². The van der Waals surface area contributed by atoms with Gasteiger partial charge in [-0.2, -0.15) is 13.2 Å². The first kappa shape index (κ1) is 24.4. The van der Waals surface area contributed by atoms with E-state index in [9.17, 15) is 13.2 Å². The van der Waals surface area contributed by atoms with Gasteiger partial charge in [-0.25, -0.2) is 9.97 Å². The molecule has 3 N–H and O–H groups in total. The van der Waals surface area contributed by atoms with E-state index in [2.05, 4.69) is 25.8 Å². The average molecular weight is 497 g/mol. The van der Waals surface area contributed by atoms with Crippen LogP contribution >= 0.6 is 0 Å². The highest BCUT2D eigenvalue weighted by Crippen LogP contribution is 2.33. The van der Waals surface area contributed by atoms with Crippen molar-refractivity contribution >= 4 is 23.0 Å². The fraction of sp³-hybridized carbons (Fsp3) is 0.407. The number of piperazine rings is 1. The summed E-state index contributed by atoms with van der Waals surface area (Å²) < 4.78 is 39.7. The van der Waals surface area contributed by atoms with Gasteiger partial charge in [0.2, 0.25) is 0 Å². The van der Waals surface area contributed by atoms with Crippen molar-refractivity contribution in [1.29, 1.82) is 0 Å². The minimum absolute atomic E-state index is 0.377. The van der Waals surface area contributed by atoms with Crippen LogP contribution < -0.4 is 20.9 Å². The van der Waals surface area contributed by atoms with Gasteiger partial charge in [0, 0.05) is 61.4 Å². The average Bonchev–Trinajstić information content (AvgIpc) is 2.89. The fourth-order valence-corrected chi connectivity index (χ4v) is 4.86. The molecule has 0 atom stereocenters. The molecule has 2 aromatic heterocycles. The number of benzene rings is 1. The van der Waals surface area contributed by atoms with Crippen LogP contribution in [0.15, 0.2) is 54.7 Å². The molecule has 3 aromatic rings. The molecule has 0 unspecified atom stereocenters. The predicted molar refractivity (Wildman–Crippen MR) is 138 cm³/mol. The quantitative estimate of drug-likeness (QED) is 0.386. The number of hydrogen-bond acceptors (Lipinski definition) is 6. The highest BCUT2D eigenvalue weighted by atomic mass is 19.4. The van der Waals surface area contributed by atoms with Crippen molar-refractivity contribution in [2.75, 3.05) is 41.7 Å². The number of nitrogens with zero attached hydrogens (tertiary/aromatic N) is 3. The van der Waals surface area contributed by atoms with Gasteiger partial charge in [0.05, 0.1) is 11.3 Å². The number of hydrogen-bond donors (Lipinski definition) is 3. The van der Waals surface area contributed by atoms with Crippen molar-refractivity contribution in [2.45, 2.75) is 44.3 Å². The van der Waals surface area contributed by atoms with Crippen molar-refractivity contribution in [3.8, 4) is 11.3 Å². The second-order valence-corrected chi connectivity index (χ2v) is 9.45. The van der Waals surface area contributed by atoms with E-state index >= 15 is 0 Å². The molecule has 1 aliphatic carbocycles. The van der Waals surface area contributed by atoms with Gasteiger partial charge >= 0.3 is 6.18 Å². The van der Waals surface area contributed by atoms with Crippen LogP contribution in [0, 0.1) is 0 Å². The van der Waals surface area contributed by atoms with Crippen LogP contribution in [0.3, 0.4) is 0 Å².